The Labute approximate surface area is 79.6 Å². The van der Waals surface area contributed by atoms with Gasteiger partial charge in [-0.15, -0.1) is 11.6 Å². The van der Waals surface area contributed by atoms with Crippen LogP contribution in [0.1, 0.15) is 31.2 Å². The standard InChI is InChI=1S/C11H15Cl/c1-9(2)8-11(12)10-6-4-3-5-7-10/h3-7,9,11H,8H2,1-2H3/t11-/m1/s1. The summed E-state index contributed by atoms with van der Waals surface area (Å²) in [5.41, 5.74) is 1.23. The Bertz CT molecular complexity index is 216. The summed E-state index contributed by atoms with van der Waals surface area (Å²) in [5, 5.41) is 0.172. The van der Waals surface area contributed by atoms with Crippen molar-refractivity contribution in [2.45, 2.75) is 25.6 Å². The van der Waals surface area contributed by atoms with E-state index in [4.69, 9.17) is 11.6 Å². The number of halogens is 1. The van der Waals surface area contributed by atoms with Crippen molar-refractivity contribution in [3.63, 3.8) is 0 Å². The summed E-state index contributed by atoms with van der Waals surface area (Å²) < 4.78 is 0. The Hall–Kier alpha value is -0.490. The van der Waals surface area contributed by atoms with Gasteiger partial charge in [0.05, 0.1) is 5.38 Å². The summed E-state index contributed by atoms with van der Waals surface area (Å²) in [4.78, 5) is 0. The summed E-state index contributed by atoms with van der Waals surface area (Å²) in [6, 6.07) is 10.2. The van der Waals surface area contributed by atoms with E-state index in [9.17, 15) is 0 Å². The molecule has 0 aliphatic rings. The van der Waals surface area contributed by atoms with Crippen LogP contribution in [0.25, 0.3) is 0 Å². The minimum atomic E-state index is 0.172. The molecule has 0 saturated carbocycles. The summed E-state index contributed by atoms with van der Waals surface area (Å²) in [7, 11) is 0. The third-order valence-corrected chi connectivity index (χ3v) is 2.27. The second-order valence-electron chi connectivity index (χ2n) is 3.51. The molecule has 66 valence electrons. The molecule has 0 aliphatic heterocycles. The van der Waals surface area contributed by atoms with Crippen molar-refractivity contribution >= 4 is 11.6 Å². The molecule has 0 radical (unpaired) electrons. The van der Waals surface area contributed by atoms with Gasteiger partial charge in [-0.3, -0.25) is 0 Å². The Morgan fingerprint density at radius 1 is 1.17 bits per heavy atom. The number of hydrogen-bond acceptors (Lipinski definition) is 0. The zero-order valence-electron chi connectivity index (χ0n) is 7.63. The normalized spacial score (nSPS) is 13.3. The average molecular weight is 183 g/mol. The molecule has 1 rings (SSSR count). The molecule has 0 amide bonds. The summed E-state index contributed by atoms with van der Waals surface area (Å²) in [5.74, 6) is 0.660. The molecule has 0 spiro atoms. The van der Waals surface area contributed by atoms with E-state index in [0.29, 0.717) is 5.92 Å². The maximum atomic E-state index is 6.20. The molecule has 0 saturated heterocycles. The molecule has 0 aromatic heterocycles. The molecule has 0 nitrogen and oxygen atoms in total. The highest BCUT2D eigenvalue weighted by atomic mass is 35.5. The number of rotatable bonds is 3. The second kappa shape index (κ2) is 4.51. The molecule has 1 heteroatoms. The van der Waals surface area contributed by atoms with Gasteiger partial charge in [-0.1, -0.05) is 44.2 Å². The van der Waals surface area contributed by atoms with Gasteiger partial charge in [-0.05, 0) is 17.9 Å². The highest BCUT2D eigenvalue weighted by Gasteiger charge is 2.08. The zero-order valence-corrected chi connectivity index (χ0v) is 8.38. The SMILES string of the molecule is CC(C)C[C@@H](Cl)c1ccccc1. The molecule has 0 bridgehead atoms. The fourth-order valence-corrected chi connectivity index (χ4v) is 1.71. The summed E-state index contributed by atoms with van der Waals surface area (Å²) in [6.45, 7) is 4.39. The van der Waals surface area contributed by atoms with Crippen LogP contribution in [0.5, 0.6) is 0 Å². The highest BCUT2D eigenvalue weighted by molar-refractivity contribution is 6.20. The first-order valence-electron chi connectivity index (χ1n) is 4.39. The maximum Gasteiger partial charge on any atom is 0.0587 e. The lowest BCUT2D eigenvalue weighted by Crippen LogP contribution is -1.95. The Kier molecular flexibility index (Phi) is 3.61. The molecule has 1 atom stereocenters. The molecular formula is C11H15Cl. The van der Waals surface area contributed by atoms with E-state index in [1.54, 1.807) is 0 Å². The Morgan fingerprint density at radius 2 is 1.75 bits per heavy atom. The zero-order chi connectivity index (χ0) is 8.97. The van der Waals surface area contributed by atoms with Crippen molar-refractivity contribution < 1.29 is 0 Å². The van der Waals surface area contributed by atoms with Gasteiger partial charge < -0.3 is 0 Å². The minimum Gasteiger partial charge on any atom is -0.118 e. The molecule has 12 heavy (non-hydrogen) atoms. The average Bonchev–Trinajstić information content (AvgIpc) is 2.05. The van der Waals surface area contributed by atoms with E-state index in [1.807, 2.05) is 18.2 Å². The van der Waals surface area contributed by atoms with Crippen molar-refractivity contribution in [3.05, 3.63) is 35.9 Å². The van der Waals surface area contributed by atoms with Gasteiger partial charge in [0.25, 0.3) is 0 Å². The van der Waals surface area contributed by atoms with E-state index in [0.717, 1.165) is 6.42 Å². The van der Waals surface area contributed by atoms with Crippen molar-refractivity contribution in [2.24, 2.45) is 5.92 Å². The lowest BCUT2D eigenvalue weighted by molar-refractivity contribution is 0.575. The lowest BCUT2D eigenvalue weighted by Gasteiger charge is -2.11. The first kappa shape index (κ1) is 9.60. The third-order valence-electron chi connectivity index (χ3n) is 1.84. The Balaban J connectivity index is 2.59. The topological polar surface area (TPSA) is 0 Å². The lowest BCUT2D eigenvalue weighted by atomic mass is 10.0. The monoisotopic (exact) mass is 182 g/mol. The van der Waals surface area contributed by atoms with Crippen molar-refractivity contribution in [3.8, 4) is 0 Å². The van der Waals surface area contributed by atoms with Crippen molar-refractivity contribution in [2.75, 3.05) is 0 Å². The molecular weight excluding hydrogens is 168 g/mol. The molecule has 1 aromatic rings. The number of alkyl halides is 1. The van der Waals surface area contributed by atoms with Gasteiger partial charge in [0.2, 0.25) is 0 Å². The fourth-order valence-electron chi connectivity index (χ4n) is 1.21. The van der Waals surface area contributed by atoms with Crippen LogP contribution in [0.3, 0.4) is 0 Å². The molecule has 0 fully saturated rings. The van der Waals surface area contributed by atoms with E-state index in [1.165, 1.54) is 5.56 Å². The first-order chi connectivity index (χ1) is 5.70. The van der Waals surface area contributed by atoms with Crippen molar-refractivity contribution in [1.29, 1.82) is 0 Å². The molecule has 1 aromatic carbocycles. The van der Waals surface area contributed by atoms with Crippen LogP contribution >= 0.6 is 11.6 Å². The molecule has 0 aliphatic carbocycles. The smallest absolute Gasteiger partial charge is 0.0587 e. The van der Waals surface area contributed by atoms with Crippen LogP contribution < -0.4 is 0 Å². The van der Waals surface area contributed by atoms with Crippen LogP contribution in [0.15, 0.2) is 30.3 Å². The number of hydrogen-bond donors (Lipinski definition) is 0. The van der Waals surface area contributed by atoms with E-state index in [-0.39, 0.29) is 5.38 Å². The second-order valence-corrected chi connectivity index (χ2v) is 4.03. The first-order valence-corrected chi connectivity index (χ1v) is 4.83. The number of benzene rings is 1. The van der Waals surface area contributed by atoms with Gasteiger partial charge in [0.1, 0.15) is 0 Å². The summed E-state index contributed by atoms with van der Waals surface area (Å²) >= 11 is 6.20. The predicted molar refractivity (Wildman–Crippen MR) is 54.5 cm³/mol. The van der Waals surface area contributed by atoms with Crippen LogP contribution in [-0.2, 0) is 0 Å². The maximum absolute atomic E-state index is 6.20. The van der Waals surface area contributed by atoms with Gasteiger partial charge in [-0.2, -0.15) is 0 Å². The van der Waals surface area contributed by atoms with E-state index in [2.05, 4.69) is 26.0 Å². The molecule has 0 heterocycles. The van der Waals surface area contributed by atoms with E-state index >= 15 is 0 Å². The quantitative estimate of drug-likeness (QED) is 0.620. The largest absolute Gasteiger partial charge is 0.118 e. The minimum absolute atomic E-state index is 0.172. The van der Waals surface area contributed by atoms with Crippen molar-refractivity contribution in [1.82, 2.24) is 0 Å². The van der Waals surface area contributed by atoms with Crippen LogP contribution in [0.4, 0.5) is 0 Å². The Morgan fingerprint density at radius 3 is 2.25 bits per heavy atom. The van der Waals surface area contributed by atoms with E-state index < -0.39 is 0 Å². The summed E-state index contributed by atoms with van der Waals surface area (Å²) in [6.07, 6.45) is 1.05. The molecule has 0 unspecified atom stereocenters. The van der Waals surface area contributed by atoms with Gasteiger partial charge >= 0.3 is 0 Å². The molecule has 0 N–H and O–H groups in total. The third kappa shape index (κ3) is 2.86. The predicted octanol–water partition coefficient (Wildman–Crippen LogP) is 4.01. The van der Waals surface area contributed by atoms with Crippen LogP contribution in [0, 0.1) is 5.92 Å². The van der Waals surface area contributed by atoms with Gasteiger partial charge in [0.15, 0.2) is 0 Å². The van der Waals surface area contributed by atoms with Crippen LogP contribution in [-0.4, -0.2) is 0 Å². The van der Waals surface area contributed by atoms with Gasteiger partial charge in [0, 0.05) is 0 Å². The fraction of sp³-hybridized carbons (Fsp3) is 0.455. The van der Waals surface area contributed by atoms with Gasteiger partial charge in [-0.25, -0.2) is 0 Å². The van der Waals surface area contributed by atoms with Crippen LogP contribution in [0.2, 0.25) is 0 Å². The highest BCUT2D eigenvalue weighted by Crippen LogP contribution is 2.26.